The number of hydrogen-bond acceptors (Lipinski definition) is 3. The van der Waals surface area contributed by atoms with Gasteiger partial charge in [0.15, 0.2) is 0 Å². The molecule has 22 heavy (non-hydrogen) atoms. The van der Waals surface area contributed by atoms with Gasteiger partial charge in [0.2, 0.25) is 0 Å². The van der Waals surface area contributed by atoms with Crippen LogP contribution in [0.2, 0.25) is 0 Å². The van der Waals surface area contributed by atoms with Gasteiger partial charge in [0.1, 0.15) is 0 Å². The first-order chi connectivity index (χ1) is 10.6. The summed E-state index contributed by atoms with van der Waals surface area (Å²) in [5.74, 6) is -0.987. The molecule has 0 heterocycles. The number of carbonyl (C=O) groups is 2. The number of carbonyl (C=O) groups excluding carboxylic acids is 1. The number of anilines is 1. The molecule has 0 saturated carbocycles. The van der Waals surface area contributed by atoms with Gasteiger partial charge in [0.05, 0.1) is 11.8 Å². The summed E-state index contributed by atoms with van der Waals surface area (Å²) in [4.78, 5) is 22.4. The Kier molecular flexibility index (Phi) is 4.87. The van der Waals surface area contributed by atoms with Crippen molar-refractivity contribution >= 4 is 23.9 Å². The lowest BCUT2D eigenvalue weighted by atomic mass is 10.1. The average Bonchev–Trinajstić information content (AvgIpc) is 2.50. The van der Waals surface area contributed by atoms with E-state index in [1.807, 2.05) is 25.1 Å². The zero-order valence-corrected chi connectivity index (χ0v) is 11.9. The number of urea groups is 1. The first-order valence-corrected chi connectivity index (χ1v) is 6.55. The molecule has 2 amide bonds. The summed E-state index contributed by atoms with van der Waals surface area (Å²) in [6, 6.07) is 13.1. The molecule has 0 spiro atoms. The largest absolute Gasteiger partial charge is 0.478 e. The molecular formula is C16H15N3O3. The van der Waals surface area contributed by atoms with Crippen molar-refractivity contribution in [3.63, 3.8) is 0 Å². The fourth-order valence-corrected chi connectivity index (χ4v) is 1.74. The molecule has 0 aliphatic carbocycles. The van der Waals surface area contributed by atoms with Gasteiger partial charge in [-0.05, 0) is 36.2 Å². The molecule has 6 nitrogen and oxygen atoms in total. The van der Waals surface area contributed by atoms with E-state index in [0.29, 0.717) is 11.3 Å². The van der Waals surface area contributed by atoms with Crippen molar-refractivity contribution in [2.45, 2.75) is 6.92 Å². The standard InChI is InChI=1S/C16H15N3O3/c1-11-4-2-3-5-14(11)18-16(22)19-17-10-12-6-8-13(9-7-12)15(20)21/h2-10H,1H3,(H,20,21)(H2,18,19,22). The zero-order valence-electron chi connectivity index (χ0n) is 11.9. The van der Waals surface area contributed by atoms with Gasteiger partial charge in [-0.15, -0.1) is 0 Å². The van der Waals surface area contributed by atoms with Crippen LogP contribution in [0.15, 0.2) is 53.6 Å². The minimum absolute atomic E-state index is 0.197. The third kappa shape index (κ3) is 4.17. The predicted molar refractivity (Wildman–Crippen MR) is 84.3 cm³/mol. The van der Waals surface area contributed by atoms with Gasteiger partial charge in [-0.25, -0.2) is 15.0 Å². The molecular weight excluding hydrogens is 282 g/mol. The van der Waals surface area contributed by atoms with E-state index in [4.69, 9.17) is 5.11 Å². The molecule has 2 aromatic rings. The maximum Gasteiger partial charge on any atom is 0.339 e. The molecule has 2 aromatic carbocycles. The van der Waals surface area contributed by atoms with E-state index in [-0.39, 0.29) is 5.56 Å². The van der Waals surface area contributed by atoms with Crippen molar-refractivity contribution in [2.75, 3.05) is 5.32 Å². The van der Waals surface area contributed by atoms with Gasteiger partial charge >= 0.3 is 12.0 Å². The summed E-state index contributed by atoms with van der Waals surface area (Å²) in [5.41, 5.74) is 4.88. The first-order valence-electron chi connectivity index (χ1n) is 6.55. The number of hydrazone groups is 1. The number of aromatic carboxylic acids is 1. The van der Waals surface area contributed by atoms with Crippen LogP contribution < -0.4 is 10.7 Å². The minimum Gasteiger partial charge on any atom is -0.478 e. The highest BCUT2D eigenvalue weighted by Gasteiger charge is 2.02. The number of carboxylic acid groups (broad SMARTS) is 1. The van der Waals surface area contributed by atoms with Crippen LogP contribution in [0.3, 0.4) is 0 Å². The summed E-state index contributed by atoms with van der Waals surface area (Å²) in [6.45, 7) is 1.89. The Balaban J connectivity index is 1.90. The summed E-state index contributed by atoms with van der Waals surface area (Å²) < 4.78 is 0. The molecule has 0 bridgehead atoms. The van der Waals surface area contributed by atoms with Crippen LogP contribution in [0.5, 0.6) is 0 Å². The molecule has 2 rings (SSSR count). The Labute approximate surface area is 127 Å². The second-order valence-corrected chi connectivity index (χ2v) is 4.57. The molecule has 0 radical (unpaired) electrons. The van der Waals surface area contributed by atoms with Crippen molar-refractivity contribution in [3.05, 3.63) is 65.2 Å². The van der Waals surface area contributed by atoms with Crippen LogP contribution in [0.25, 0.3) is 0 Å². The molecule has 0 aliphatic heterocycles. The van der Waals surface area contributed by atoms with Crippen LogP contribution >= 0.6 is 0 Å². The maximum atomic E-state index is 11.7. The van der Waals surface area contributed by atoms with E-state index in [0.717, 1.165) is 5.56 Å². The topological polar surface area (TPSA) is 90.8 Å². The molecule has 0 saturated heterocycles. The lowest BCUT2D eigenvalue weighted by Crippen LogP contribution is -2.24. The van der Waals surface area contributed by atoms with Gasteiger partial charge < -0.3 is 10.4 Å². The van der Waals surface area contributed by atoms with Crippen LogP contribution in [-0.4, -0.2) is 23.3 Å². The van der Waals surface area contributed by atoms with Crippen LogP contribution in [0.4, 0.5) is 10.5 Å². The number of hydrogen-bond donors (Lipinski definition) is 3. The van der Waals surface area contributed by atoms with Gasteiger partial charge in [-0.1, -0.05) is 30.3 Å². The number of nitrogens with zero attached hydrogens (tertiary/aromatic N) is 1. The lowest BCUT2D eigenvalue weighted by molar-refractivity contribution is 0.0697. The Morgan fingerprint density at radius 2 is 1.77 bits per heavy atom. The van der Waals surface area contributed by atoms with Crippen molar-refractivity contribution in [1.82, 2.24) is 5.43 Å². The molecule has 3 N–H and O–H groups in total. The summed E-state index contributed by atoms with van der Waals surface area (Å²) in [5, 5.41) is 15.3. The monoisotopic (exact) mass is 297 g/mol. The van der Waals surface area contributed by atoms with Gasteiger partial charge in [-0.2, -0.15) is 5.10 Å². The van der Waals surface area contributed by atoms with Crippen molar-refractivity contribution in [2.24, 2.45) is 5.10 Å². The van der Waals surface area contributed by atoms with Crippen molar-refractivity contribution in [1.29, 1.82) is 0 Å². The van der Waals surface area contributed by atoms with E-state index in [9.17, 15) is 9.59 Å². The Morgan fingerprint density at radius 1 is 1.09 bits per heavy atom. The average molecular weight is 297 g/mol. The summed E-state index contributed by atoms with van der Waals surface area (Å²) in [7, 11) is 0. The van der Waals surface area contributed by atoms with E-state index in [2.05, 4.69) is 15.8 Å². The van der Waals surface area contributed by atoms with Gasteiger partial charge in [-0.3, -0.25) is 0 Å². The fraction of sp³-hybridized carbons (Fsp3) is 0.0625. The highest BCUT2D eigenvalue weighted by atomic mass is 16.4. The quantitative estimate of drug-likeness (QED) is 0.598. The number of rotatable bonds is 4. The molecule has 112 valence electrons. The second-order valence-electron chi connectivity index (χ2n) is 4.57. The highest BCUT2D eigenvalue weighted by molar-refractivity contribution is 5.91. The smallest absolute Gasteiger partial charge is 0.339 e. The highest BCUT2D eigenvalue weighted by Crippen LogP contribution is 2.12. The lowest BCUT2D eigenvalue weighted by Gasteiger charge is -2.06. The molecule has 6 heteroatoms. The molecule has 0 atom stereocenters. The van der Waals surface area contributed by atoms with Crippen LogP contribution in [0, 0.1) is 6.92 Å². The second kappa shape index (κ2) is 7.03. The van der Waals surface area contributed by atoms with E-state index in [1.54, 1.807) is 18.2 Å². The summed E-state index contributed by atoms with van der Waals surface area (Å²) in [6.07, 6.45) is 1.43. The van der Waals surface area contributed by atoms with Gasteiger partial charge in [0, 0.05) is 5.69 Å². The number of para-hydroxylation sites is 1. The van der Waals surface area contributed by atoms with Gasteiger partial charge in [0.25, 0.3) is 0 Å². The Morgan fingerprint density at radius 3 is 2.41 bits per heavy atom. The van der Waals surface area contributed by atoms with Crippen molar-refractivity contribution in [3.8, 4) is 0 Å². The minimum atomic E-state index is -0.987. The Bertz CT molecular complexity index is 709. The van der Waals surface area contributed by atoms with Crippen LogP contribution in [-0.2, 0) is 0 Å². The normalized spacial score (nSPS) is 10.4. The third-order valence-electron chi connectivity index (χ3n) is 2.93. The Hall–Kier alpha value is -3.15. The fourth-order valence-electron chi connectivity index (χ4n) is 1.74. The van der Waals surface area contributed by atoms with Crippen LogP contribution in [0.1, 0.15) is 21.5 Å². The third-order valence-corrected chi connectivity index (χ3v) is 2.93. The van der Waals surface area contributed by atoms with E-state index >= 15 is 0 Å². The molecule has 0 fully saturated rings. The SMILES string of the molecule is Cc1ccccc1NC(=O)NN=Cc1ccc(C(=O)O)cc1. The maximum absolute atomic E-state index is 11.7. The molecule has 0 aliphatic rings. The number of benzene rings is 2. The zero-order chi connectivity index (χ0) is 15.9. The number of aryl methyl sites for hydroxylation is 1. The first kappa shape index (κ1) is 15.2. The predicted octanol–water partition coefficient (Wildman–Crippen LogP) is 2.85. The van der Waals surface area contributed by atoms with E-state index < -0.39 is 12.0 Å². The number of nitrogens with one attached hydrogen (secondary N) is 2. The molecule has 0 aromatic heterocycles. The van der Waals surface area contributed by atoms with Crippen molar-refractivity contribution < 1.29 is 14.7 Å². The summed E-state index contributed by atoms with van der Waals surface area (Å²) >= 11 is 0. The number of amides is 2. The van der Waals surface area contributed by atoms with E-state index in [1.165, 1.54) is 18.3 Å². The molecule has 0 unspecified atom stereocenters. The number of carboxylic acids is 1.